The Labute approximate surface area is 63.4 Å². The van der Waals surface area contributed by atoms with E-state index in [0.717, 1.165) is 5.82 Å². The minimum Gasteiger partial charge on any atom is -0.348 e. The molecule has 1 fully saturated rings. The summed E-state index contributed by atoms with van der Waals surface area (Å²) < 4.78 is 4.81. The maximum atomic E-state index is 4.81. The number of rotatable bonds is 1. The fourth-order valence-corrected chi connectivity index (χ4v) is 1.04. The first-order chi connectivity index (χ1) is 4.71. The lowest BCUT2D eigenvalue weighted by Crippen LogP contribution is -2.01. The molecule has 1 aromatic heterocycles. The first kappa shape index (κ1) is 6.09. The van der Waals surface area contributed by atoms with Crippen LogP contribution in [-0.4, -0.2) is 10.1 Å². The molecule has 54 valence electrons. The van der Waals surface area contributed by atoms with E-state index in [1.807, 2.05) is 0 Å². The van der Waals surface area contributed by atoms with Crippen LogP contribution in [0.25, 0.3) is 0 Å². The van der Waals surface area contributed by atoms with Crippen molar-refractivity contribution in [2.24, 2.45) is 0 Å². The Morgan fingerprint density at radius 1 is 1.70 bits per heavy atom. The minimum absolute atomic E-state index is 0.237. The summed E-state index contributed by atoms with van der Waals surface area (Å²) in [4.78, 5) is 4.35. The van der Waals surface area contributed by atoms with Gasteiger partial charge < -0.3 is 4.52 Å². The van der Waals surface area contributed by atoms with Gasteiger partial charge >= 0.3 is 4.84 Å². The van der Waals surface area contributed by atoms with Crippen LogP contribution in [0.5, 0.6) is 0 Å². The Balaban J connectivity index is 2.43. The van der Waals surface area contributed by atoms with E-state index in [4.69, 9.17) is 16.7 Å². The highest BCUT2D eigenvalue weighted by molar-refractivity contribution is 7.71. The summed E-state index contributed by atoms with van der Waals surface area (Å²) in [6.07, 6.45) is 2.37. The number of H-pyrrole nitrogens is 1. The maximum absolute atomic E-state index is 4.81. The van der Waals surface area contributed by atoms with Crippen LogP contribution in [-0.2, 0) is 5.41 Å². The summed E-state index contributed by atoms with van der Waals surface area (Å²) in [5.74, 6) is 0.900. The minimum atomic E-state index is 0.237. The third-order valence-electron chi connectivity index (χ3n) is 2.01. The summed E-state index contributed by atoms with van der Waals surface area (Å²) >= 11 is 4.72. The van der Waals surface area contributed by atoms with Crippen LogP contribution in [0.1, 0.15) is 25.6 Å². The van der Waals surface area contributed by atoms with E-state index in [9.17, 15) is 0 Å². The van der Waals surface area contributed by atoms with Crippen LogP contribution >= 0.6 is 12.2 Å². The SMILES string of the molecule is CC1(c2nc(=S)o[nH]2)CC1. The van der Waals surface area contributed by atoms with Gasteiger partial charge in [0.25, 0.3) is 0 Å². The Bertz CT molecular complexity index is 297. The molecule has 0 aromatic carbocycles. The molecule has 1 aliphatic carbocycles. The van der Waals surface area contributed by atoms with Crippen molar-refractivity contribution in [1.82, 2.24) is 10.1 Å². The summed E-state index contributed by atoms with van der Waals surface area (Å²) in [6.45, 7) is 2.15. The molecule has 0 unspecified atom stereocenters. The van der Waals surface area contributed by atoms with Gasteiger partial charge in [-0.15, -0.1) is 0 Å². The molecule has 0 bridgehead atoms. The zero-order chi connectivity index (χ0) is 7.19. The predicted molar refractivity (Wildman–Crippen MR) is 38.3 cm³/mol. The molecule has 10 heavy (non-hydrogen) atoms. The van der Waals surface area contributed by atoms with Gasteiger partial charge in [-0.3, -0.25) is 0 Å². The van der Waals surface area contributed by atoms with Gasteiger partial charge in [0, 0.05) is 5.41 Å². The van der Waals surface area contributed by atoms with Gasteiger partial charge in [0.2, 0.25) is 0 Å². The standard InChI is InChI=1S/C6H8N2OS/c1-6(2-3-6)4-7-5(10)9-8-4/h2-3H2,1H3,(H,7,8,10). The Hall–Kier alpha value is -0.640. The number of aromatic amines is 1. The third-order valence-corrected chi connectivity index (χ3v) is 2.18. The predicted octanol–water partition coefficient (Wildman–Crippen LogP) is 1.78. The highest BCUT2D eigenvalue weighted by atomic mass is 32.1. The third kappa shape index (κ3) is 0.794. The molecule has 0 saturated heterocycles. The summed E-state index contributed by atoms with van der Waals surface area (Å²) in [6, 6.07) is 0. The Morgan fingerprint density at radius 3 is 2.80 bits per heavy atom. The molecule has 1 aromatic rings. The van der Waals surface area contributed by atoms with Crippen LogP contribution in [0.3, 0.4) is 0 Å². The Kier molecular flexibility index (Phi) is 1.03. The quantitative estimate of drug-likeness (QED) is 0.630. The number of aromatic nitrogens is 2. The van der Waals surface area contributed by atoms with Crippen molar-refractivity contribution in [3.8, 4) is 0 Å². The molecular formula is C6H8N2OS. The van der Waals surface area contributed by atoms with E-state index in [2.05, 4.69) is 17.1 Å². The van der Waals surface area contributed by atoms with Crippen LogP contribution in [0.2, 0.25) is 0 Å². The number of nitrogens with zero attached hydrogens (tertiary/aromatic N) is 1. The van der Waals surface area contributed by atoms with E-state index >= 15 is 0 Å². The van der Waals surface area contributed by atoms with E-state index in [1.165, 1.54) is 12.8 Å². The van der Waals surface area contributed by atoms with Crippen molar-refractivity contribution in [2.45, 2.75) is 25.2 Å². The van der Waals surface area contributed by atoms with Crippen molar-refractivity contribution in [3.05, 3.63) is 10.7 Å². The van der Waals surface area contributed by atoms with Crippen molar-refractivity contribution >= 4 is 12.2 Å². The highest BCUT2D eigenvalue weighted by Gasteiger charge is 2.42. The van der Waals surface area contributed by atoms with Gasteiger partial charge in [-0.2, -0.15) is 4.98 Å². The van der Waals surface area contributed by atoms with Crippen LogP contribution in [0.15, 0.2) is 4.52 Å². The van der Waals surface area contributed by atoms with E-state index in [0.29, 0.717) is 4.84 Å². The molecule has 4 heteroatoms. The molecule has 0 aliphatic heterocycles. The fraction of sp³-hybridized carbons (Fsp3) is 0.667. The van der Waals surface area contributed by atoms with Crippen LogP contribution < -0.4 is 0 Å². The van der Waals surface area contributed by atoms with Crippen LogP contribution in [0, 0.1) is 4.84 Å². The molecule has 1 aliphatic rings. The topological polar surface area (TPSA) is 41.8 Å². The van der Waals surface area contributed by atoms with Gasteiger partial charge in [-0.1, -0.05) is 6.92 Å². The molecule has 1 saturated carbocycles. The Morgan fingerprint density at radius 2 is 2.40 bits per heavy atom. The van der Waals surface area contributed by atoms with Gasteiger partial charge in [0.1, 0.15) is 5.82 Å². The lowest BCUT2D eigenvalue weighted by Gasteiger charge is -1.97. The summed E-state index contributed by atoms with van der Waals surface area (Å²) in [7, 11) is 0. The molecule has 2 rings (SSSR count). The average Bonchev–Trinajstić information content (AvgIpc) is 2.45. The average molecular weight is 156 g/mol. The largest absolute Gasteiger partial charge is 0.348 e. The highest BCUT2D eigenvalue weighted by Crippen LogP contribution is 2.45. The first-order valence-corrected chi connectivity index (χ1v) is 3.67. The summed E-state index contributed by atoms with van der Waals surface area (Å²) in [5, 5.41) is 2.72. The second kappa shape index (κ2) is 1.69. The van der Waals surface area contributed by atoms with E-state index in [-0.39, 0.29) is 5.41 Å². The number of hydrogen-bond acceptors (Lipinski definition) is 3. The van der Waals surface area contributed by atoms with Gasteiger partial charge in [-0.05, 0) is 25.1 Å². The van der Waals surface area contributed by atoms with Crippen molar-refractivity contribution in [1.29, 1.82) is 0 Å². The first-order valence-electron chi connectivity index (χ1n) is 3.27. The second-order valence-electron chi connectivity index (χ2n) is 2.99. The van der Waals surface area contributed by atoms with Crippen molar-refractivity contribution in [3.63, 3.8) is 0 Å². The molecule has 0 amide bonds. The van der Waals surface area contributed by atoms with E-state index < -0.39 is 0 Å². The number of hydrogen-bond donors (Lipinski definition) is 1. The van der Waals surface area contributed by atoms with Crippen LogP contribution in [0.4, 0.5) is 0 Å². The molecule has 0 spiro atoms. The van der Waals surface area contributed by atoms with E-state index in [1.54, 1.807) is 0 Å². The molecule has 0 atom stereocenters. The maximum Gasteiger partial charge on any atom is 0.314 e. The lowest BCUT2D eigenvalue weighted by atomic mass is 10.1. The molecule has 1 N–H and O–H groups in total. The molecule has 1 heterocycles. The molecule has 0 radical (unpaired) electrons. The lowest BCUT2D eigenvalue weighted by molar-refractivity contribution is 0.393. The zero-order valence-electron chi connectivity index (χ0n) is 5.68. The normalized spacial score (nSPS) is 20.9. The fourth-order valence-electron chi connectivity index (χ4n) is 0.911. The molecular weight excluding hydrogens is 148 g/mol. The van der Waals surface area contributed by atoms with Gasteiger partial charge in [0.15, 0.2) is 0 Å². The number of nitrogens with one attached hydrogen (secondary N) is 1. The van der Waals surface area contributed by atoms with Gasteiger partial charge in [-0.25, -0.2) is 5.16 Å². The van der Waals surface area contributed by atoms with Crippen molar-refractivity contribution < 1.29 is 4.52 Å². The monoisotopic (exact) mass is 156 g/mol. The molecule has 3 nitrogen and oxygen atoms in total. The summed E-state index contributed by atoms with van der Waals surface area (Å²) in [5.41, 5.74) is 0.237. The van der Waals surface area contributed by atoms with Crippen molar-refractivity contribution in [2.75, 3.05) is 0 Å². The second-order valence-corrected chi connectivity index (χ2v) is 3.34. The zero-order valence-corrected chi connectivity index (χ0v) is 6.49. The smallest absolute Gasteiger partial charge is 0.314 e. The van der Waals surface area contributed by atoms with Gasteiger partial charge in [0.05, 0.1) is 0 Å².